The average Bonchev–Trinajstić information content (AvgIpc) is 3.13. The molecule has 0 atom stereocenters. The first-order valence-electron chi connectivity index (χ1n) is 12.3. The number of rotatable bonds is 12. The second kappa shape index (κ2) is 11.6. The Kier molecular flexibility index (Phi) is 8.03. The lowest BCUT2D eigenvalue weighted by Gasteiger charge is -2.13. The number of unbranched alkanes of at least 4 members (excludes halogenated alkanes) is 6. The predicted octanol–water partition coefficient (Wildman–Crippen LogP) is 6.49. The lowest BCUT2D eigenvalue weighted by molar-refractivity contribution is 0.0651. The quantitative estimate of drug-likeness (QED) is 0.179. The molecule has 34 heavy (non-hydrogen) atoms. The van der Waals surface area contributed by atoms with Gasteiger partial charge in [-0.2, -0.15) is 0 Å². The van der Waals surface area contributed by atoms with E-state index in [4.69, 9.17) is 0 Å². The number of fused-ring (bicyclic) bond motifs is 1. The van der Waals surface area contributed by atoms with E-state index in [1.165, 1.54) is 29.7 Å². The Hall–Kier alpha value is -3.53. The highest BCUT2D eigenvalue weighted by Crippen LogP contribution is 2.23. The van der Waals surface area contributed by atoms with E-state index in [0.717, 1.165) is 43.2 Å². The third-order valence-corrected chi connectivity index (χ3v) is 6.48. The van der Waals surface area contributed by atoms with Gasteiger partial charge in [0.1, 0.15) is 0 Å². The molecular weight excluding hydrogens is 422 g/mol. The number of hydrogen-bond donors (Lipinski definition) is 0. The summed E-state index contributed by atoms with van der Waals surface area (Å²) >= 11 is 0. The molecule has 174 valence electrons. The van der Waals surface area contributed by atoms with Gasteiger partial charge < -0.3 is 0 Å². The first-order valence-corrected chi connectivity index (χ1v) is 12.3. The van der Waals surface area contributed by atoms with Crippen LogP contribution in [0.2, 0.25) is 0 Å². The van der Waals surface area contributed by atoms with Crippen molar-refractivity contribution in [2.75, 3.05) is 6.54 Å². The van der Waals surface area contributed by atoms with Gasteiger partial charge >= 0.3 is 0 Å². The van der Waals surface area contributed by atoms with Gasteiger partial charge in [0.15, 0.2) is 5.78 Å². The number of nitrogens with zero attached hydrogens (tertiary/aromatic N) is 1. The fourth-order valence-electron chi connectivity index (χ4n) is 4.50. The fraction of sp³-hybridized carbons (Fsp3) is 0.300. The smallest absolute Gasteiger partial charge is 0.261 e. The van der Waals surface area contributed by atoms with Crippen LogP contribution in [0, 0.1) is 0 Å². The summed E-state index contributed by atoms with van der Waals surface area (Å²) in [6, 6.07) is 24.4. The van der Waals surface area contributed by atoms with Crippen LogP contribution in [-0.4, -0.2) is 29.0 Å². The van der Waals surface area contributed by atoms with Gasteiger partial charge in [-0.15, -0.1) is 0 Å². The monoisotopic (exact) mass is 453 g/mol. The van der Waals surface area contributed by atoms with Gasteiger partial charge in [-0.3, -0.25) is 19.3 Å². The van der Waals surface area contributed by atoms with E-state index >= 15 is 0 Å². The Morgan fingerprint density at radius 3 is 1.68 bits per heavy atom. The summed E-state index contributed by atoms with van der Waals surface area (Å²) in [6.45, 7) is 0.509. The Morgan fingerprint density at radius 1 is 0.559 bits per heavy atom. The predicted molar refractivity (Wildman–Crippen MR) is 134 cm³/mol. The first kappa shape index (κ1) is 23.6. The van der Waals surface area contributed by atoms with Gasteiger partial charge in [0.05, 0.1) is 11.1 Å². The van der Waals surface area contributed by atoms with E-state index in [0.29, 0.717) is 17.7 Å². The number of imide groups is 1. The molecule has 0 aromatic heterocycles. The summed E-state index contributed by atoms with van der Waals surface area (Å²) in [5.74, 6) is -0.244. The third kappa shape index (κ3) is 5.69. The molecule has 1 aliphatic rings. The van der Waals surface area contributed by atoms with Crippen molar-refractivity contribution in [2.24, 2.45) is 0 Å². The van der Waals surface area contributed by atoms with Crippen LogP contribution in [0.4, 0.5) is 0 Å². The molecule has 0 unspecified atom stereocenters. The fourth-order valence-corrected chi connectivity index (χ4v) is 4.50. The van der Waals surface area contributed by atoms with Crippen molar-refractivity contribution in [3.63, 3.8) is 0 Å². The summed E-state index contributed by atoms with van der Waals surface area (Å²) < 4.78 is 0. The Morgan fingerprint density at radius 2 is 1.06 bits per heavy atom. The molecule has 4 nitrogen and oxygen atoms in total. The van der Waals surface area contributed by atoms with Crippen molar-refractivity contribution in [1.82, 2.24) is 4.90 Å². The number of aryl methyl sites for hydroxylation is 1. The molecule has 0 N–H and O–H groups in total. The second-order valence-corrected chi connectivity index (χ2v) is 8.92. The van der Waals surface area contributed by atoms with E-state index in [9.17, 15) is 14.4 Å². The summed E-state index contributed by atoms with van der Waals surface area (Å²) in [5, 5.41) is 0. The lowest BCUT2D eigenvalue weighted by atomic mass is 10.00. The summed E-state index contributed by atoms with van der Waals surface area (Å²) in [7, 11) is 0. The summed E-state index contributed by atoms with van der Waals surface area (Å²) in [4.78, 5) is 38.6. The van der Waals surface area contributed by atoms with Crippen LogP contribution in [-0.2, 0) is 6.42 Å². The van der Waals surface area contributed by atoms with E-state index in [-0.39, 0.29) is 17.6 Å². The molecular formula is C30H31NO3. The zero-order valence-electron chi connectivity index (χ0n) is 19.5. The maximum absolute atomic E-state index is 12.5. The van der Waals surface area contributed by atoms with Crippen LogP contribution in [0.25, 0.3) is 0 Å². The van der Waals surface area contributed by atoms with Crippen LogP contribution < -0.4 is 0 Å². The highest BCUT2D eigenvalue weighted by atomic mass is 16.2. The van der Waals surface area contributed by atoms with Gasteiger partial charge in [0, 0.05) is 17.7 Å². The summed E-state index contributed by atoms with van der Waals surface area (Å²) in [5.41, 5.74) is 3.79. The van der Waals surface area contributed by atoms with Crippen molar-refractivity contribution < 1.29 is 14.4 Å². The number of ketones is 1. The normalized spacial score (nSPS) is 12.8. The molecule has 3 aromatic rings. The molecule has 0 aliphatic carbocycles. The number of carbonyl (C=O) groups is 3. The minimum Gasteiger partial charge on any atom is -0.289 e. The molecule has 0 saturated carbocycles. The van der Waals surface area contributed by atoms with Crippen LogP contribution in [0.15, 0.2) is 78.9 Å². The van der Waals surface area contributed by atoms with Crippen molar-refractivity contribution in [2.45, 2.75) is 51.4 Å². The van der Waals surface area contributed by atoms with Gasteiger partial charge in [-0.1, -0.05) is 98.8 Å². The minimum atomic E-state index is -0.155. The van der Waals surface area contributed by atoms with E-state index in [1.807, 2.05) is 42.5 Å². The molecule has 1 aliphatic heterocycles. The maximum Gasteiger partial charge on any atom is 0.261 e. The molecule has 4 rings (SSSR count). The topological polar surface area (TPSA) is 54.5 Å². The number of benzene rings is 3. The zero-order chi connectivity index (χ0) is 23.8. The first-order chi connectivity index (χ1) is 16.6. The largest absolute Gasteiger partial charge is 0.289 e. The maximum atomic E-state index is 12.5. The number of amides is 2. The standard InChI is InChI=1S/C30H31NO3/c32-28(24-14-8-6-9-15-24)25-20-18-23(19-21-25)13-7-4-2-1-3-5-12-22-31-29(33)26-16-10-11-17-27(26)30(31)34/h6,8-11,14-21H,1-5,7,12-13,22H2. The lowest BCUT2D eigenvalue weighted by Crippen LogP contribution is -2.30. The number of hydrogen-bond acceptors (Lipinski definition) is 3. The molecule has 0 fully saturated rings. The highest BCUT2D eigenvalue weighted by molar-refractivity contribution is 6.21. The van der Waals surface area contributed by atoms with Gasteiger partial charge in [-0.25, -0.2) is 0 Å². The third-order valence-electron chi connectivity index (χ3n) is 6.48. The molecule has 2 amide bonds. The molecule has 1 heterocycles. The van der Waals surface area contributed by atoms with Crippen molar-refractivity contribution >= 4 is 17.6 Å². The SMILES string of the molecule is O=C(c1ccccc1)c1ccc(CCCCCCCCCN2C(=O)c3ccccc3C2=O)cc1. The van der Waals surface area contributed by atoms with Crippen LogP contribution >= 0.6 is 0 Å². The van der Waals surface area contributed by atoms with E-state index < -0.39 is 0 Å². The highest BCUT2D eigenvalue weighted by Gasteiger charge is 2.34. The Balaban J connectivity index is 1.07. The van der Waals surface area contributed by atoms with Crippen LogP contribution in [0.3, 0.4) is 0 Å². The van der Waals surface area contributed by atoms with Crippen molar-refractivity contribution in [3.05, 3.63) is 107 Å². The molecule has 0 bridgehead atoms. The Bertz CT molecular complexity index is 1100. The van der Waals surface area contributed by atoms with Gasteiger partial charge in [-0.05, 0) is 37.0 Å². The van der Waals surface area contributed by atoms with Gasteiger partial charge in [0.2, 0.25) is 0 Å². The zero-order valence-corrected chi connectivity index (χ0v) is 19.5. The van der Waals surface area contributed by atoms with Crippen molar-refractivity contribution in [3.8, 4) is 0 Å². The molecule has 0 radical (unpaired) electrons. The summed E-state index contributed by atoms with van der Waals surface area (Å²) in [6.07, 6.45) is 8.73. The average molecular weight is 454 g/mol. The minimum absolute atomic E-state index is 0.0650. The van der Waals surface area contributed by atoms with Crippen LogP contribution in [0.5, 0.6) is 0 Å². The van der Waals surface area contributed by atoms with E-state index in [2.05, 4.69) is 12.1 Å². The van der Waals surface area contributed by atoms with Crippen LogP contribution in [0.1, 0.15) is 87.1 Å². The van der Waals surface area contributed by atoms with Crippen molar-refractivity contribution in [1.29, 1.82) is 0 Å². The number of carbonyl (C=O) groups excluding carboxylic acids is 3. The molecule has 3 aromatic carbocycles. The molecule has 4 heteroatoms. The van der Waals surface area contributed by atoms with Gasteiger partial charge in [0.25, 0.3) is 11.8 Å². The molecule has 0 spiro atoms. The second-order valence-electron chi connectivity index (χ2n) is 8.92. The molecule has 0 saturated heterocycles. The van der Waals surface area contributed by atoms with E-state index in [1.54, 1.807) is 24.3 Å². The Labute approximate surface area is 201 Å².